The summed E-state index contributed by atoms with van der Waals surface area (Å²) in [4.78, 5) is 7.60. The van der Waals surface area contributed by atoms with Crippen molar-refractivity contribution in [1.29, 1.82) is 0 Å². The van der Waals surface area contributed by atoms with Gasteiger partial charge in [0.05, 0.1) is 0 Å². The van der Waals surface area contributed by atoms with Crippen molar-refractivity contribution in [3.05, 3.63) is 15.1 Å². The molecule has 1 aromatic heterocycles. The van der Waals surface area contributed by atoms with Gasteiger partial charge in [0.2, 0.25) is 0 Å². The van der Waals surface area contributed by atoms with Crippen molar-refractivity contribution >= 4 is 40.0 Å². The lowest BCUT2D eigenvalue weighted by atomic mass is 10.6. The summed E-state index contributed by atoms with van der Waals surface area (Å²) < 4.78 is 0.567. The van der Waals surface area contributed by atoms with E-state index in [1.807, 2.05) is 22.6 Å². The van der Waals surface area contributed by atoms with Crippen LogP contribution in [-0.2, 0) is 0 Å². The van der Waals surface area contributed by atoms with E-state index in [-0.39, 0.29) is 0 Å². The molecular formula is C4H3ClIN3. The van der Waals surface area contributed by atoms with E-state index in [1.54, 1.807) is 0 Å². The number of hydrogen-bond donors (Lipinski definition) is 1. The number of nitrogens with two attached hydrogens (primary N) is 1. The van der Waals surface area contributed by atoms with Gasteiger partial charge < -0.3 is 5.73 Å². The summed E-state index contributed by atoms with van der Waals surface area (Å²) in [5.74, 6) is 0.402. The molecule has 0 radical (unpaired) electrons. The van der Waals surface area contributed by atoms with Crippen molar-refractivity contribution in [1.82, 2.24) is 9.97 Å². The van der Waals surface area contributed by atoms with Gasteiger partial charge in [0.15, 0.2) is 3.83 Å². The smallest absolute Gasteiger partial charge is 0.194 e. The molecule has 0 aliphatic heterocycles. The minimum Gasteiger partial charge on any atom is -0.384 e. The number of nitrogen functional groups attached to an aromatic ring is 1. The Balaban J connectivity index is 3.17. The zero-order valence-electron chi connectivity index (χ0n) is 4.31. The highest BCUT2D eigenvalue weighted by Gasteiger charge is 1.94. The third kappa shape index (κ3) is 1.94. The molecule has 0 saturated carbocycles. The topological polar surface area (TPSA) is 51.8 Å². The van der Waals surface area contributed by atoms with Gasteiger partial charge in [-0.05, 0) is 0 Å². The summed E-state index contributed by atoms with van der Waals surface area (Å²) in [5.41, 5.74) is 5.32. The molecule has 5 heteroatoms. The highest BCUT2D eigenvalue weighted by molar-refractivity contribution is 14.1. The van der Waals surface area contributed by atoms with Crippen LogP contribution in [-0.4, -0.2) is 9.97 Å². The maximum Gasteiger partial charge on any atom is 0.194 e. The van der Waals surface area contributed by atoms with Crippen LogP contribution in [0.4, 0.5) is 5.82 Å². The van der Waals surface area contributed by atoms with E-state index >= 15 is 0 Å². The average Bonchev–Trinajstić information content (AvgIpc) is 1.59. The first-order valence-electron chi connectivity index (χ1n) is 2.14. The van der Waals surface area contributed by atoms with E-state index in [1.165, 1.54) is 6.07 Å². The molecule has 0 bridgehead atoms. The quantitative estimate of drug-likeness (QED) is 0.432. The molecule has 0 spiro atoms. The van der Waals surface area contributed by atoms with Gasteiger partial charge in [0, 0.05) is 28.7 Å². The number of aromatic nitrogens is 2. The molecule has 0 aromatic carbocycles. The predicted molar refractivity (Wildman–Crippen MR) is 44.2 cm³/mol. The molecule has 3 nitrogen and oxygen atoms in total. The summed E-state index contributed by atoms with van der Waals surface area (Å²) in [6.45, 7) is 0. The summed E-state index contributed by atoms with van der Waals surface area (Å²) >= 11 is 7.46. The Hall–Kier alpha value is -0.100. The van der Waals surface area contributed by atoms with Crippen molar-refractivity contribution in [2.75, 3.05) is 5.73 Å². The third-order valence-electron chi connectivity index (χ3n) is 0.687. The second kappa shape index (κ2) is 2.66. The first-order chi connectivity index (χ1) is 4.18. The zero-order chi connectivity index (χ0) is 6.85. The number of anilines is 1. The Morgan fingerprint density at radius 3 is 2.67 bits per heavy atom. The molecule has 0 aliphatic carbocycles. The molecular weight excluding hydrogens is 252 g/mol. The molecule has 1 rings (SSSR count). The zero-order valence-corrected chi connectivity index (χ0v) is 7.22. The lowest BCUT2D eigenvalue weighted by Crippen LogP contribution is -1.94. The van der Waals surface area contributed by atoms with Gasteiger partial charge in [-0.25, -0.2) is 9.97 Å². The first kappa shape index (κ1) is 7.01. The van der Waals surface area contributed by atoms with Crippen LogP contribution in [0.5, 0.6) is 0 Å². The molecule has 0 fully saturated rings. The Bertz CT molecular complexity index is 177. The molecule has 1 heterocycles. The minimum absolute atomic E-state index is 0.381. The average molecular weight is 255 g/mol. The van der Waals surface area contributed by atoms with Crippen LogP contribution in [0.1, 0.15) is 0 Å². The molecule has 2 N–H and O–H groups in total. The van der Waals surface area contributed by atoms with Crippen LogP contribution in [0.3, 0.4) is 0 Å². The molecule has 0 atom stereocenters. The van der Waals surface area contributed by atoms with E-state index in [9.17, 15) is 0 Å². The molecule has 0 saturated heterocycles. The van der Waals surface area contributed by atoms with E-state index in [0.29, 0.717) is 14.8 Å². The van der Waals surface area contributed by atoms with Crippen LogP contribution in [0, 0.1) is 3.83 Å². The van der Waals surface area contributed by atoms with E-state index in [0.717, 1.165) is 0 Å². The van der Waals surface area contributed by atoms with E-state index in [4.69, 9.17) is 17.3 Å². The molecule has 0 aliphatic rings. The number of halogens is 2. The van der Waals surface area contributed by atoms with Gasteiger partial charge >= 0.3 is 0 Å². The predicted octanol–water partition coefficient (Wildman–Crippen LogP) is 1.32. The van der Waals surface area contributed by atoms with Gasteiger partial charge in [0.1, 0.15) is 11.0 Å². The van der Waals surface area contributed by atoms with Crippen LogP contribution in [0.15, 0.2) is 6.07 Å². The maximum atomic E-state index is 5.51. The Morgan fingerprint density at radius 1 is 1.56 bits per heavy atom. The minimum atomic E-state index is 0.381. The summed E-state index contributed by atoms with van der Waals surface area (Å²) in [6, 6.07) is 1.50. The molecule has 48 valence electrons. The summed E-state index contributed by atoms with van der Waals surface area (Å²) in [7, 11) is 0. The number of nitrogens with zero attached hydrogens (tertiary/aromatic N) is 2. The lowest BCUT2D eigenvalue weighted by Gasteiger charge is -1.92. The largest absolute Gasteiger partial charge is 0.384 e. The van der Waals surface area contributed by atoms with Gasteiger partial charge in [-0.2, -0.15) is 0 Å². The second-order valence-electron chi connectivity index (χ2n) is 1.38. The number of hydrogen-bond acceptors (Lipinski definition) is 3. The second-order valence-corrected chi connectivity index (χ2v) is 2.74. The highest BCUT2D eigenvalue weighted by atomic mass is 127. The fourth-order valence-corrected chi connectivity index (χ4v) is 1.28. The van der Waals surface area contributed by atoms with Crippen molar-refractivity contribution in [3.63, 3.8) is 0 Å². The first-order valence-corrected chi connectivity index (χ1v) is 3.60. The van der Waals surface area contributed by atoms with Crippen LogP contribution in [0.2, 0.25) is 5.15 Å². The van der Waals surface area contributed by atoms with Gasteiger partial charge in [-0.3, -0.25) is 0 Å². The van der Waals surface area contributed by atoms with E-state index in [2.05, 4.69) is 9.97 Å². The lowest BCUT2D eigenvalue weighted by molar-refractivity contribution is 1.12. The third-order valence-corrected chi connectivity index (χ3v) is 1.36. The fourth-order valence-electron chi connectivity index (χ4n) is 0.406. The van der Waals surface area contributed by atoms with Gasteiger partial charge in [0.25, 0.3) is 0 Å². The molecule has 0 amide bonds. The molecule has 9 heavy (non-hydrogen) atoms. The normalized spacial score (nSPS) is 9.56. The summed E-state index contributed by atoms with van der Waals surface area (Å²) in [5, 5.41) is 0.381. The Labute approximate surface area is 70.8 Å². The molecule has 0 unspecified atom stereocenters. The Kier molecular flexibility index (Phi) is 2.07. The SMILES string of the molecule is Nc1cc(Cl)nc(I)n1. The standard InChI is InChI=1S/C4H3ClIN3/c5-2-1-3(7)9-4(6)8-2/h1H,(H2,7,8,9). The maximum absolute atomic E-state index is 5.51. The van der Waals surface area contributed by atoms with E-state index < -0.39 is 0 Å². The van der Waals surface area contributed by atoms with Crippen LogP contribution < -0.4 is 5.73 Å². The summed E-state index contributed by atoms with van der Waals surface area (Å²) in [6.07, 6.45) is 0. The van der Waals surface area contributed by atoms with Crippen molar-refractivity contribution in [2.45, 2.75) is 0 Å². The van der Waals surface area contributed by atoms with Crippen molar-refractivity contribution < 1.29 is 0 Å². The van der Waals surface area contributed by atoms with Gasteiger partial charge in [-0.1, -0.05) is 11.6 Å². The van der Waals surface area contributed by atoms with Crippen LogP contribution >= 0.6 is 34.2 Å². The Morgan fingerprint density at radius 2 is 2.22 bits per heavy atom. The fraction of sp³-hybridized carbons (Fsp3) is 0. The molecule has 1 aromatic rings. The van der Waals surface area contributed by atoms with Crippen molar-refractivity contribution in [2.24, 2.45) is 0 Å². The highest BCUT2D eigenvalue weighted by Crippen LogP contribution is 2.08. The monoisotopic (exact) mass is 255 g/mol. The number of rotatable bonds is 0. The van der Waals surface area contributed by atoms with Crippen molar-refractivity contribution in [3.8, 4) is 0 Å². The van der Waals surface area contributed by atoms with Crippen LogP contribution in [0.25, 0.3) is 0 Å². The van der Waals surface area contributed by atoms with Gasteiger partial charge in [-0.15, -0.1) is 0 Å².